The molecular weight excluding hydrogens is 356 g/mol. The van der Waals surface area contributed by atoms with Crippen LogP contribution in [-0.4, -0.2) is 63.3 Å². The second kappa shape index (κ2) is 8.01. The molecule has 0 bridgehead atoms. The molecule has 8 heteroatoms. The lowest BCUT2D eigenvalue weighted by atomic mass is 10.0. The first kappa shape index (κ1) is 18.6. The van der Waals surface area contributed by atoms with E-state index in [4.69, 9.17) is 9.84 Å². The number of benzene rings is 1. The van der Waals surface area contributed by atoms with Crippen molar-refractivity contribution in [3.05, 3.63) is 30.0 Å². The van der Waals surface area contributed by atoms with Gasteiger partial charge in [0, 0.05) is 53.8 Å². The summed E-state index contributed by atoms with van der Waals surface area (Å²) in [5, 5.41) is 19.7. The van der Waals surface area contributed by atoms with Gasteiger partial charge >= 0.3 is 11.9 Å². The fourth-order valence-electron chi connectivity index (χ4n) is 3.37. The summed E-state index contributed by atoms with van der Waals surface area (Å²) in [6.45, 7) is 1.72. The molecule has 0 amide bonds. The van der Waals surface area contributed by atoms with Crippen molar-refractivity contribution in [2.24, 2.45) is 0 Å². The number of carboxylic acids is 2. The van der Waals surface area contributed by atoms with E-state index < -0.39 is 18.0 Å². The number of ether oxygens (including phenoxy) is 1. The Bertz CT molecular complexity index is 813. The maximum Gasteiger partial charge on any atom is 0.325 e. The highest BCUT2D eigenvalue weighted by Crippen LogP contribution is 2.34. The largest absolute Gasteiger partial charge is 0.497 e. The Balaban J connectivity index is 2.08. The van der Waals surface area contributed by atoms with Crippen LogP contribution in [0.2, 0.25) is 0 Å². The van der Waals surface area contributed by atoms with E-state index in [1.807, 2.05) is 33.4 Å². The Kier molecular flexibility index (Phi) is 5.73. The molecule has 2 heterocycles. The van der Waals surface area contributed by atoms with Gasteiger partial charge in [-0.15, -0.1) is 0 Å². The first-order valence-electron chi connectivity index (χ1n) is 8.44. The normalized spacial score (nSPS) is 16.5. The average Bonchev–Trinajstić information content (AvgIpc) is 2.98. The topological polar surface area (TPSA) is 92.0 Å². The summed E-state index contributed by atoms with van der Waals surface area (Å²) in [5.41, 5.74) is 1.50. The van der Waals surface area contributed by atoms with Crippen LogP contribution in [0.1, 0.15) is 18.0 Å². The van der Waals surface area contributed by atoms with Crippen LogP contribution >= 0.6 is 11.8 Å². The Morgan fingerprint density at radius 3 is 2.62 bits per heavy atom. The van der Waals surface area contributed by atoms with Crippen molar-refractivity contribution in [2.45, 2.75) is 19.0 Å². The maximum absolute atomic E-state index is 12.1. The number of nitrogens with zero attached hydrogens (tertiary/aromatic N) is 2. The van der Waals surface area contributed by atoms with Gasteiger partial charge in [-0.1, -0.05) is 0 Å². The molecule has 1 aliphatic heterocycles. The predicted molar refractivity (Wildman–Crippen MR) is 100 cm³/mol. The van der Waals surface area contributed by atoms with Gasteiger partial charge in [0.2, 0.25) is 0 Å². The minimum absolute atomic E-state index is 0.0205. The number of fused-ring (bicyclic) bond motifs is 1. The van der Waals surface area contributed by atoms with Crippen LogP contribution in [0.15, 0.2) is 24.4 Å². The second-order valence-corrected chi connectivity index (χ2v) is 7.42. The minimum atomic E-state index is -0.892. The third kappa shape index (κ3) is 3.81. The molecule has 7 nitrogen and oxygen atoms in total. The summed E-state index contributed by atoms with van der Waals surface area (Å²) in [4.78, 5) is 25.0. The SMILES string of the molecule is COc1ccc2c(c1)c([C@@H](C(=O)O)N1CCSCC1)cn2CCC(=O)O. The second-order valence-electron chi connectivity index (χ2n) is 6.19. The van der Waals surface area contributed by atoms with Gasteiger partial charge in [0.25, 0.3) is 0 Å². The van der Waals surface area contributed by atoms with Gasteiger partial charge in [-0.05, 0) is 18.2 Å². The Morgan fingerprint density at radius 2 is 2.00 bits per heavy atom. The molecule has 0 unspecified atom stereocenters. The number of carbonyl (C=O) groups is 2. The molecule has 140 valence electrons. The number of aromatic nitrogens is 1. The predicted octanol–water partition coefficient (Wildman–Crippen LogP) is 2.30. The summed E-state index contributed by atoms with van der Waals surface area (Å²) < 4.78 is 7.13. The third-order valence-corrected chi connectivity index (χ3v) is 5.57. The molecule has 26 heavy (non-hydrogen) atoms. The first-order chi connectivity index (χ1) is 12.5. The van der Waals surface area contributed by atoms with E-state index in [9.17, 15) is 14.7 Å². The molecule has 1 aromatic heterocycles. The molecule has 0 saturated carbocycles. The molecule has 1 fully saturated rings. The van der Waals surface area contributed by atoms with Crippen LogP contribution in [0.25, 0.3) is 10.9 Å². The highest BCUT2D eigenvalue weighted by atomic mass is 32.2. The standard InChI is InChI=1S/C18H22N2O5S/c1-25-12-2-3-15-13(10-12)14(11-20(15)5-4-16(21)22)17(18(23)24)19-6-8-26-9-7-19/h2-3,10-11,17H,4-9H2,1H3,(H,21,22)(H,23,24)/t17-/m0/s1. The number of aryl methyl sites for hydroxylation is 1. The van der Waals surface area contributed by atoms with Crippen molar-refractivity contribution in [2.75, 3.05) is 31.7 Å². The van der Waals surface area contributed by atoms with Gasteiger partial charge in [0.1, 0.15) is 11.8 Å². The minimum Gasteiger partial charge on any atom is -0.497 e. The van der Waals surface area contributed by atoms with E-state index in [1.54, 1.807) is 19.4 Å². The van der Waals surface area contributed by atoms with Crippen LogP contribution in [0.5, 0.6) is 5.75 Å². The van der Waals surface area contributed by atoms with Crippen LogP contribution in [0.4, 0.5) is 0 Å². The van der Waals surface area contributed by atoms with E-state index in [2.05, 4.69) is 0 Å². The van der Waals surface area contributed by atoms with Crippen molar-refractivity contribution in [1.82, 2.24) is 9.47 Å². The van der Waals surface area contributed by atoms with Crippen LogP contribution in [0.3, 0.4) is 0 Å². The molecule has 1 aliphatic rings. The Morgan fingerprint density at radius 1 is 1.27 bits per heavy atom. The summed E-state index contributed by atoms with van der Waals surface area (Å²) in [6.07, 6.45) is 1.76. The summed E-state index contributed by atoms with van der Waals surface area (Å²) >= 11 is 1.82. The fourth-order valence-corrected chi connectivity index (χ4v) is 4.30. The summed E-state index contributed by atoms with van der Waals surface area (Å²) in [6, 6.07) is 4.73. The van der Waals surface area contributed by atoms with Crippen molar-refractivity contribution in [3.8, 4) is 5.75 Å². The number of aliphatic carboxylic acids is 2. The van der Waals surface area contributed by atoms with Crippen molar-refractivity contribution < 1.29 is 24.5 Å². The molecule has 1 saturated heterocycles. The Hall–Kier alpha value is -2.19. The molecule has 0 radical (unpaired) electrons. The number of thioether (sulfide) groups is 1. The van der Waals surface area contributed by atoms with E-state index in [0.717, 1.165) is 22.4 Å². The van der Waals surface area contributed by atoms with E-state index in [1.165, 1.54) is 0 Å². The number of hydrogen-bond acceptors (Lipinski definition) is 5. The van der Waals surface area contributed by atoms with Gasteiger partial charge in [0.05, 0.1) is 13.5 Å². The van der Waals surface area contributed by atoms with Crippen molar-refractivity contribution in [3.63, 3.8) is 0 Å². The maximum atomic E-state index is 12.1. The van der Waals surface area contributed by atoms with Gasteiger partial charge in [0.15, 0.2) is 0 Å². The molecular formula is C18H22N2O5S. The highest BCUT2D eigenvalue weighted by Gasteiger charge is 2.31. The van der Waals surface area contributed by atoms with Crippen molar-refractivity contribution >= 4 is 34.6 Å². The number of methoxy groups -OCH3 is 1. The molecule has 3 rings (SSSR count). The first-order valence-corrected chi connectivity index (χ1v) is 9.60. The molecule has 0 aliphatic carbocycles. The molecule has 0 spiro atoms. The molecule has 2 N–H and O–H groups in total. The number of hydrogen-bond donors (Lipinski definition) is 2. The zero-order valence-electron chi connectivity index (χ0n) is 14.6. The highest BCUT2D eigenvalue weighted by molar-refractivity contribution is 7.99. The van der Waals surface area contributed by atoms with Gasteiger partial charge in [-0.2, -0.15) is 11.8 Å². The fraction of sp³-hybridized carbons (Fsp3) is 0.444. The lowest BCUT2D eigenvalue weighted by Gasteiger charge is -2.31. The van der Waals surface area contributed by atoms with E-state index in [0.29, 0.717) is 30.9 Å². The van der Waals surface area contributed by atoms with Gasteiger partial charge in [-0.3, -0.25) is 14.5 Å². The third-order valence-electron chi connectivity index (χ3n) is 4.62. The van der Waals surface area contributed by atoms with Crippen molar-refractivity contribution in [1.29, 1.82) is 0 Å². The molecule has 2 aromatic rings. The molecule has 1 aromatic carbocycles. The smallest absolute Gasteiger partial charge is 0.325 e. The van der Waals surface area contributed by atoms with Crippen LogP contribution in [0, 0.1) is 0 Å². The monoisotopic (exact) mass is 378 g/mol. The zero-order valence-corrected chi connectivity index (χ0v) is 15.4. The van der Waals surface area contributed by atoms with Gasteiger partial charge < -0.3 is 19.5 Å². The quantitative estimate of drug-likeness (QED) is 0.764. The van der Waals surface area contributed by atoms with E-state index >= 15 is 0 Å². The summed E-state index contributed by atoms with van der Waals surface area (Å²) in [7, 11) is 1.57. The lowest BCUT2D eigenvalue weighted by Crippen LogP contribution is -2.39. The van der Waals surface area contributed by atoms with E-state index in [-0.39, 0.29) is 6.42 Å². The van der Waals surface area contributed by atoms with Crippen LogP contribution in [-0.2, 0) is 16.1 Å². The van der Waals surface area contributed by atoms with Crippen LogP contribution < -0.4 is 4.74 Å². The number of rotatable bonds is 7. The van der Waals surface area contributed by atoms with Gasteiger partial charge in [-0.25, -0.2) is 0 Å². The lowest BCUT2D eigenvalue weighted by molar-refractivity contribution is -0.143. The summed E-state index contributed by atoms with van der Waals surface area (Å²) in [5.74, 6) is 0.685. The zero-order chi connectivity index (χ0) is 18.7. The molecule has 1 atom stereocenters. The Labute approximate surface area is 155 Å². The number of carboxylic acid groups (broad SMARTS) is 2. The average molecular weight is 378 g/mol.